The molecule has 2 atom stereocenters. The summed E-state index contributed by atoms with van der Waals surface area (Å²) in [7, 11) is 3.10. The Labute approximate surface area is 187 Å². The van der Waals surface area contributed by atoms with E-state index in [-0.39, 0.29) is 35.9 Å². The minimum Gasteiger partial charge on any atom is -0.448 e. The number of carbonyl (C=O) groups is 2. The highest BCUT2D eigenvalue weighted by molar-refractivity contribution is 5.80. The van der Waals surface area contributed by atoms with Gasteiger partial charge < -0.3 is 9.47 Å². The lowest BCUT2D eigenvalue weighted by atomic mass is 9.84. The van der Waals surface area contributed by atoms with Crippen LogP contribution >= 0.6 is 0 Å². The second-order valence-electron chi connectivity index (χ2n) is 8.74. The van der Waals surface area contributed by atoms with Crippen LogP contribution in [0.2, 0.25) is 0 Å². The van der Waals surface area contributed by atoms with Crippen molar-refractivity contribution in [3.05, 3.63) is 59.7 Å². The van der Waals surface area contributed by atoms with Crippen molar-refractivity contribution in [3.8, 4) is 11.1 Å². The number of fused-ring (bicyclic) bond motifs is 5. The molecule has 2 unspecified atom stereocenters. The molecule has 0 N–H and O–H groups in total. The highest BCUT2D eigenvalue weighted by Crippen LogP contribution is 2.44. The largest absolute Gasteiger partial charge is 0.448 e. The van der Waals surface area contributed by atoms with Crippen LogP contribution < -0.4 is 0 Å². The molecular weight excluding hydrogens is 408 g/mol. The first-order valence-corrected chi connectivity index (χ1v) is 11.1. The average Bonchev–Trinajstić information content (AvgIpc) is 3.14. The summed E-state index contributed by atoms with van der Waals surface area (Å²) in [5.41, 5.74) is 4.79. The van der Waals surface area contributed by atoms with Crippen LogP contribution in [0.3, 0.4) is 0 Å². The van der Waals surface area contributed by atoms with Crippen molar-refractivity contribution in [2.45, 2.75) is 30.8 Å². The third-order valence-electron chi connectivity index (χ3n) is 7.00. The quantitative estimate of drug-likeness (QED) is 0.687. The Morgan fingerprint density at radius 2 is 1.56 bits per heavy atom. The summed E-state index contributed by atoms with van der Waals surface area (Å²) >= 11 is 0. The molecule has 2 saturated heterocycles. The van der Waals surface area contributed by atoms with Gasteiger partial charge in [-0.3, -0.25) is 14.5 Å². The molecule has 5 rings (SSSR count). The molecule has 1 aliphatic carbocycles. The fourth-order valence-electron chi connectivity index (χ4n) is 5.43. The van der Waals surface area contributed by atoms with Crippen LogP contribution in [0.25, 0.3) is 11.1 Å². The van der Waals surface area contributed by atoms with E-state index in [9.17, 15) is 9.59 Å². The first-order valence-electron chi connectivity index (χ1n) is 11.1. The van der Waals surface area contributed by atoms with Gasteiger partial charge >= 0.3 is 6.09 Å². The summed E-state index contributed by atoms with van der Waals surface area (Å²) in [5.74, 6) is -0.218. The Morgan fingerprint density at radius 3 is 2.12 bits per heavy atom. The van der Waals surface area contributed by atoms with E-state index in [1.807, 2.05) is 24.3 Å². The lowest BCUT2D eigenvalue weighted by Gasteiger charge is -2.47. The highest BCUT2D eigenvalue weighted by Gasteiger charge is 2.45. The summed E-state index contributed by atoms with van der Waals surface area (Å²) in [5, 5.41) is 1.27. The fourth-order valence-corrected chi connectivity index (χ4v) is 5.43. The van der Waals surface area contributed by atoms with Crippen molar-refractivity contribution in [2.75, 3.05) is 34.0 Å². The summed E-state index contributed by atoms with van der Waals surface area (Å²) < 4.78 is 11.6. The Kier molecular flexibility index (Phi) is 5.61. The van der Waals surface area contributed by atoms with Crippen molar-refractivity contribution < 1.29 is 23.9 Å². The molecule has 0 saturated carbocycles. The molecule has 0 aromatic heterocycles. The maximum atomic E-state index is 13.2. The van der Waals surface area contributed by atoms with E-state index in [0.29, 0.717) is 32.7 Å². The van der Waals surface area contributed by atoms with E-state index in [1.165, 1.54) is 34.4 Å². The number of ether oxygens (including phenoxy) is 2. The lowest BCUT2D eigenvalue weighted by Crippen LogP contribution is -2.60. The van der Waals surface area contributed by atoms with Crippen molar-refractivity contribution in [1.29, 1.82) is 0 Å². The van der Waals surface area contributed by atoms with Crippen molar-refractivity contribution >= 4 is 12.0 Å². The van der Waals surface area contributed by atoms with Crippen LogP contribution in [-0.4, -0.2) is 68.0 Å². The molecule has 168 valence electrons. The highest BCUT2D eigenvalue weighted by atomic mass is 16.7. The number of hydrogen-bond acceptors (Lipinski definition) is 5. The molecule has 7 nitrogen and oxygen atoms in total. The fraction of sp³-hybridized carbons (Fsp3) is 0.440. The molecule has 2 aliphatic heterocycles. The van der Waals surface area contributed by atoms with Crippen LogP contribution in [0.15, 0.2) is 48.5 Å². The van der Waals surface area contributed by atoms with Crippen LogP contribution in [-0.2, 0) is 19.1 Å². The van der Waals surface area contributed by atoms with E-state index >= 15 is 0 Å². The zero-order valence-corrected chi connectivity index (χ0v) is 18.4. The normalized spacial score (nSPS) is 23.9. The van der Waals surface area contributed by atoms with E-state index in [1.54, 1.807) is 11.9 Å². The number of carbonyl (C=O) groups excluding carboxylic acids is 2. The summed E-state index contributed by atoms with van der Waals surface area (Å²) in [4.78, 5) is 32.6. The predicted octanol–water partition coefficient (Wildman–Crippen LogP) is 3.43. The van der Waals surface area contributed by atoms with Crippen molar-refractivity contribution in [2.24, 2.45) is 5.92 Å². The van der Waals surface area contributed by atoms with Gasteiger partial charge in [0.15, 0.2) is 0 Å². The van der Waals surface area contributed by atoms with Gasteiger partial charge in [0.2, 0.25) is 5.91 Å². The molecular formula is C25H28N2O5. The topological polar surface area (TPSA) is 68.3 Å². The average molecular weight is 437 g/mol. The maximum Gasteiger partial charge on any atom is 0.410 e. The number of piperidine rings is 1. The molecule has 2 heterocycles. The predicted molar refractivity (Wildman–Crippen MR) is 118 cm³/mol. The smallest absolute Gasteiger partial charge is 0.410 e. The minimum absolute atomic E-state index is 0.0249. The van der Waals surface area contributed by atoms with E-state index in [0.717, 1.165) is 0 Å². The van der Waals surface area contributed by atoms with Gasteiger partial charge in [-0.25, -0.2) is 9.86 Å². The van der Waals surface area contributed by atoms with Gasteiger partial charge in [-0.2, -0.15) is 0 Å². The Bertz CT molecular complexity index is 965. The Hall–Kier alpha value is -2.90. The molecule has 2 amide bonds. The van der Waals surface area contributed by atoms with Gasteiger partial charge in [0, 0.05) is 18.9 Å². The summed E-state index contributed by atoms with van der Waals surface area (Å²) in [6.45, 7) is 1.13. The zero-order chi connectivity index (χ0) is 22.2. The second kappa shape index (κ2) is 8.56. The monoisotopic (exact) mass is 436 g/mol. The molecule has 2 aromatic rings. The van der Waals surface area contributed by atoms with Gasteiger partial charge in [0.25, 0.3) is 0 Å². The maximum absolute atomic E-state index is 13.2. The second-order valence-corrected chi connectivity index (χ2v) is 8.74. The third-order valence-corrected chi connectivity index (χ3v) is 7.00. The molecule has 32 heavy (non-hydrogen) atoms. The number of amides is 2. The number of rotatable bonds is 4. The Morgan fingerprint density at radius 1 is 1.00 bits per heavy atom. The minimum atomic E-state index is -0.323. The summed E-state index contributed by atoms with van der Waals surface area (Å²) in [6, 6.07) is 16.3. The summed E-state index contributed by atoms with van der Waals surface area (Å²) in [6.07, 6.45) is 0.775. The molecule has 2 aromatic carbocycles. The number of hydroxylamine groups is 2. The number of nitrogens with zero attached hydrogens (tertiary/aromatic N) is 2. The molecule has 3 aliphatic rings. The number of morpholine rings is 1. The first kappa shape index (κ1) is 21.0. The first-order chi connectivity index (χ1) is 15.6. The zero-order valence-electron chi connectivity index (χ0n) is 18.4. The number of hydrogen-bond donors (Lipinski definition) is 0. The van der Waals surface area contributed by atoms with Crippen LogP contribution in [0.4, 0.5) is 4.79 Å². The SMILES string of the molecule is CON(C)C(=O)C1CC2COCC(C1)N2C(=O)OCC1c2ccccc2-c2ccccc21. The van der Waals surface area contributed by atoms with Gasteiger partial charge in [0.1, 0.15) is 6.61 Å². The number of benzene rings is 2. The van der Waals surface area contributed by atoms with Crippen molar-refractivity contribution in [3.63, 3.8) is 0 Å². The molecule has 2 bridgehead atoms. The van der Waals surface area contributed by atoms with E-state index in [2.05, 4.69) is 24.3 Å². The third kappa shape index (κ3) is 3.55. The standard InChI is InChI=1S/C25H28N2O5/c1-26(30-2)24(28)16-11-17-13-31-14-18(12-16)27(17)25(29)32-15-23-21-9-5-3-7-19(21)20-8-4-6-10-22(20)23/h3-10,16-18,23H,11-15H2,1-2H3. The molecule has 7 heteroatoms. The van der Waals surface area contributed by atoms with Crippen LogP contribution in [0, 0.1) is 5.92 Å². The van der Waals surface area contributed by atoms with Crippen LogP contribution in [0.1, 0.15) is 29.9 Å². The van der Waals surface area contributed by atoms with Gasteiger partial charge in [0.05, 0.1) is 32.4 Å². The molecule has 0 spiro atoms. The lowest BCUT2D eigenvalue weighted by molar-refractivity contribution is -0.179. The van der Waals surface area contributed by atoms with Gasteiger partial charge in [-0.15, -0.1) is 0 Å². The Balaban J connectivity index is 1.30. The molecule has 2 fully saturated rings. The van der Waals surface area contributed by atoms with Crippen LogP contribution in [0.5, 0.6) is 0 Å². The van der Waals surface area contributed by atoms with Gasteiger partial charge in [-0.1, -0.05) is 48.5 Å². The van der Waals surface area contributed by atoms with E-state index in [4.69, 9.17) is 14.3 Å². The van der Waals surface area contributed by atoms with Gasteiger partial charge in [-0.05, 0) is 35.1 Å². The van der Waals surface area contributed by atoms with Crippen molar-refractivity contribution in [1.82, 2.24) is 9.96 Å². The molecule has 0 radical (unpaired) electrons. The van der Waals surface area contributed by atoms with E-state index < -0.39 is 0 Å².